The largest absolute Gasteiger partial charge is 0.465 e. The van der Waals surface area contributed by atoms with Gasteiger partial charge in [0.2, 0.25) is 0 Å². The molecule has 0 aromatic heterocycles. The van der Waals surface area contributed by atoms with E-state index in [1.807, 2.05) is 20.8 Å². The van der Waals surface area contributed by atoms with Crippen LogP contribution >= 0.6 is 0 Å². The maximum atomic E-state index is 11.7. The molecule has 0 radical (unpaired) electrons. The molecule has 14 heavy (non-hydrogen) atoms. The number of hydrogen-bond acceptors (Lipinski definition) is 3. The van der Waals surface area contributed by atoms with Gasteiger partial charge in [0.25, 0.3) is 0 Å². The van der Waals surface area contributed by atoms with Gasteiger partial charge in [0.05, 0.1) is 6.61 Å². The van der Waals surface area contributed by atoms with Crippen molar-refractivity contribution in [1.82, 2.24) is 5.32 Å². The first-order valence-corrected chi connectivity index (χ1v) is 5.45. The van der Waals surface area contributed by atoms with Gasteiger partial charge in [-0.25, -0.2) is 0 Å². The predicted molar refractivity (Wildman–Crippen MR) is 58.2 cm³/mol. The molecule has 0 rings (SSSR count). The molecular formula is C11H23NO2. The van der Waals surface area contributed by atoms with E-state index in [1.165, 1.54) is 0 Å². The number of esters is 1. The Balaban J connectivity index is 4.37. The molecule has 0 saturated carbocycles. The average Bonchev–Trinajstić information content (AvgIpc) is 2.17. The average molecular weight is 201 g/mol. The van der Waals surface area contributed by atoms with E-state index in [4.69, 9.17) is 4.74 Å². The molecule has 0 spiro atoms. The molecule has 84 valence electrons. The van der Waals surface area contributed by atoms with Crippen molar-refractivity contribution in [2.24, 2.45) is 0 Å². The lowest BCUT2D eigenvalue weighted by Crippen LogP contribution is -2.53. The second-order valence-corrected chi connectivity index (χ2v) is 3.86. The van der Waals surface area contributed by atoms with Crippen LogP contribution in [-0.4, -0.2) is 24.2 Å². The Labute approximate surface area is 87.2 Å². The molecule has 0 saturated heterocycles. The van der Waals surface area contributed by atoms with Gasteiger partial charge in [0.1, 0.15) is 5.54 Å². The van der Waals surface area contributed by atoms with Crippen molar-refractivity contribution in [3.8, 4) is 0 Å². The van der Waals surface area contributed by atoms with Crippen LogP contribution in [0, 0.1) is 0 Å². The molecule has 3 nitrogen and oxygen atoms in total. The van der Waals surface area contributed by atoms with E-state index in [0.29, 0.717) is 12.6 Å². The summed E-state index contributed by atoms with van der Waals surface area (Å²) in [5.74, 6) is -0.150. The molecule has 1 N–H and O–H groups in total. The lowest BCUT2D eigenvalue weighted by molar-refractivity contribution is -0.151. The van der Waals surface area contributed by atoms with E-state index in [1.54, 1.807) is 0 Å². The summed E-state index contributed by atoms with van der Waals surface area (Å²) in [7, 11) is 0. The first-order chi connectivity index (χ1) is 6.50. The van der Waals surface area contributed by atoms with Gasteiger partial charge in [-0.3, -0.25) is 10.1 Å². The highest BCUT2D eigenvalue weighted by atomic mass is 16.5. The number of rotatable bonds is 6. The molecule has 0 heterocycles. The predicted octanol–water partition coefficient (Wildman–Crippen LogP) is 2.11. The third-order valence-electron chi connectivity index (χ3n) is 2.61. The van der Waals surface area contributed by atoms with Crippen LogP contribution in [-0.2, 0) is 9.53 Å². The Morgan fingerprint density at radius 2 is 2.00 bits per heavy atom. The standard InChI is InChI=1S/C11H23NO2/c1-6-9(4)12-11(5,7-2)10(13)14-8-3/h9,12H,6-8H2,1-5H3. The quantitative estimate of drug-likeness (QED) is 0.669. The van der Waals surface area contributed by atoms with Gasteiger partial charge in [-0.1, -0.05) is 13.8 Å². The minimum Gasteiger partial charge on any atom is -0.465 e. The third-order valence-corrected chi connectivity index (χ3v) is 2.61. The highest BCUT2D eigenvalue weighted by Crippen LogP contribution is 2.13. The monoisotopic (exact) mass is 201 g/mol. The summed E-state index contributed by atoms with van der Waals surface area (Å²) in [6, 6.07) is 0.337. The van der Waals surface area contributed by atoms with Gasteiger partial charge in [0, 0.05) is 6.04 Å². The van der Waals surface area contributed by atoms with Gasteiger partial charge in [-0.15, -0.1) is 0 Å². The normalized spacial score (nSPS) is 17.2. The number of carbonyl (C=O) groups excluding carboxylic acids is 1. The summed E-state index contributed by atoms with van der Waals surface area (Å²) in [6.45, 7) is 10.3. The van der Waals surface area contributed by atoms with Gasteiger partial charge >= 0.3 is 5.97 Å². The smallest absolute Gasteiger partial charge is 0.326 e. The van der Waals surface area contributed by atoms with Gasteiger partial charge in [-0.2, -0.15) is 0 Å². The van der Waals surface area contributed by atoms with E-state index in [9.17, 15) is 4.79 Å². The fraction of sp³-hybridized carbons (Fsp3) is 0.909. The molecule has 0 aromatic rings. The summed E-state index contributed by atoms with van der Waals surface area (Å²) >= 11 is 0. The van der Waals surface area contributed by atoms with Crippen molar-refractivity contribution < 1.29 is 9.53 Å². The lowest BCUT2D eigenvalue weighted by atomic mass is 9.97. The molecule has 0 fully saturated rings. The fourth-order valence-electron chi connectivity index (χ4n) is 1.24. The van der Waals surface area contributed by atoms with Crippen molar-refractivity contribution in [1.29, 1.82) is 0 Å². The van der Waals surface area contributed by atoms with Crippen LogP contribution in [0.1, 0.15) is 47.5 Å². The molecule has 0 amide bonds. The molecule has 2 unspecified atom stereocenters. The van der Waals surface area contributed by atoms with Gasteiger partial charge in [0.15, 0.2) is 0 Å². The zero-order chi connectivity index (χ0) is 11.2. The van der Waals surface area contributed by atoms with Crippen LogP contribution < -0.4 is 5.32 Å². The fourth-order valence-corrected chi connectivity index (χ4v) is 1.24. The minimum absolute atomic E-state index is 0.150. The van der Waals surface area contributed by atoms with Gasteiger partial charge < -0.3 is 4.74 Å². The van der Waals surface area contributed by atoms with Crippen LogP contribution in [0.15, 0.2) is 0 Å². The van der Waals surface area contributed by atoms with E-state index in [0.717, 1.165) is 12.8 Å². The number of ether oxygens (including phenoxy) is 1. The molecule has 0 aliphatic rings. The molecule has 2 atom stereocenters. The third kappa shape index (κ3) is 3.66. The summed E-state index contributed by atoms with van der Waals surface area (Å²) in [5.41, 5.74) is -0.536. The van der Waals surface area contributed by atoms with Crippen LogP contribution in [0.25, 0.3) is 0 Å². The highest BCUT2D eigenvalue weighted by Gasteiger charge is 2.33. The van der Waals surface area contributed by atoms with E-state index < -0.39 is 5.54 Å². The van der Waals surface area contributed by atoms with E-state index in [-0.39, 0.29) is 5.97 Å². The van der Waals surface area contributed by atoms with Crippen molar-refractivity contribution in [2.75, 3.05) is 6.61 Å². The topological polar surface area (TPSA) is 38.3 Å². The molecule has 0 aliphatic heterocycles. The first-order valence-electron chi connectivity index (χ1n) is 5.45. The van der Waals surface area contributed by atoms with Crippen molar-refractivity contribution in [3.63, 3.8) is 0 Å². The Kier molecular flexibility index (Phi) is 5.77. The van der Waals surface area contributed by atoms with E-state index in [2.05, 4.69) is 19.2 Å². The molecule has 0 aliphatic carbocycles. The second-order valence-electron chi connectivity index (χ2n) is 3.86. The Morgan fingerprint density at radius 1 is 1.43 bits per heavy atom. The maximum Gasteiger partial charge on any atom is 0.326 e. The van der Waals surface area contributed by atoms with Crippen molar-refractivity contribution in [2.45, 2.75) is 59.0 Å². The number of carbonyl (C=O) groups is 1. The summed E-state index contributed by atoms with van der Waals surface area (Å²) in [4.78, 5) is 11.7. The first kappa shape index (κ1) is 13.4. The van der Waals surface area contributed by atoms with Gasteiger partial charge in [-0.05, 0) is 33.6 Å². The second kappa shape index (κ2) is 6.02. The highest BCUT2D eigenvalue weighted by molar-refractivity contribution is 5.80. The summed E-state index contributed by atoms with van der Waals surface area (Å²) in [6.07, 6.45) is 1.76. The lowest BCUT2D eigenvalue weighted by Gasteiger charge is -2.30. The van der Waals surface area contributed by atoms with E-state index >= 15 is 0 Å². The summed E-state index contributed by atoms with van der Waals surface area (Å²) in [5, 5.41) is 3.30. The molecule has 0 bridgehead atoms. The number of nitrogens with one attached hydrogen (secondary N) is 1. The van der Waals surface area contributed by atoms with Crippen LogP contribution in [0.2, 0.25) is 0 Å². The summed E-state index contributed by atoms with van der Waals surface area (Å²) < 4.78 is 5.04. The molecular weight excluding hydrogens is 178 g/mol. The SMILES string of the molecule is CCOC(=O)C(C)(CC)NC(C)CC. The van der Waals surface area contributed by atoms with Crippen molar-refractivity contribution in [3.05, 3.63) is 0 Å². The Hall–Kier alpha value is -0.570. The van der Waals surface area contributed by atoms with Crippen LogP contribution in [0.3, 0.4) is 0 Å². The Morgan fingerprint density at radius 3 is 2.36 bits per heavy atom. The van der Waals surface area contributed by atoms with Crippen LogP contribution in [0.5, 0.6) is 0 Å². The van der Waals surface area contributed by atoms with Crippen molar-refractivity contribution >= 4 is 5.97 Å². The zero-order valence-corrected chi connectivity index (χ0v) is 10.0. The molecule has 0 aromatic carbocycles. The maximum absolute atomic E-state index is 11.7. The zero-order valence-electron chi connectivity index (χ0n) is 10.0. The number of hydrogen-bond donors (Lipinski definition) is 1. The minimum atomic E-state index is -0.536. The Bertz CT molecular complexity index is 182. The van der Waals surface area contributed by atoms with Crippen LogP contribution in [0.4, 0.5) is 0 Å². The molecule has 3 heteroatoms.